The second-order valence-corrected chi connectivity index (χ2v) is 1.92. The number of aromatic nitrogens is 3. The molecule has 0 fully saturated rings. The van der Waals surface area contributed by atoms with Crippen LogP contribution < -0.4 is 0 Å². The Bertz CT molecular complexity index is 355. The largest absolute Gasteiger partial charge is 0.343 e. The van der Waals surface area contributed by atoms with Crippen molar-refractivity contribution in [2.24, 2.45) is 0 Å². The van der Waals surface area contributed by atoms with E-state index in [0.717, 1.165) is 0 Å². The lowest BCUT2D eigenvalue weighted by Gasteiger charge is -1.83. The van der Waals surface area contributed by atoms with Gasteiger partial charge in [-0.3, -0.25) is 0 Å². The molecular formula is C6H4FN3. The molecule has 0 aliphatic heterocycles. The van der Waals surface area contributed by atoms with E-state index in [1.165, 1.54) is 18.7 Å². The monoisotopic (exact) mass is 137 g/mol. The molecule has 0 unspecified atom stereocenters. The molecule has 0 spiro atoms. The summed E-state index contributed by atoms with van der Waals surface area (Å²) >= 11 is 0. The molecule has 0 atom stereocenters. The average Bonchev–Trinajstić information content (AvgIpc) is 2.34. The molecule has 0 aromatic carbocycles. The van der Waals surface area contributed by atoms with Gasteiger partial charge < -0.3 is 4.98 Å². The molecule has 2 aromatic rings. The summed E-state index contributed by atoms with van der Waals surface area (Å²) in [4.78, 5) is 10.1. The third-order valence-corrected chi connectivity index (χ3v) is 1.31. The quantitative estimate of drug-likeness (QED) is 0.590. The van der Waals surface area contributed by atoms with E-state index < -0.39 is 0 Å². The van der Waals surface area contributed by atoms with E-state index >= 15 is 0 Å². The first kappa shape index (κ1) is 5.34. The summed E-state index contributed by atoms with van der Waals surface area (Å²) in [6.45, 7) is 0. The zero-order chi connectivity index (χ0) is 6.97. The highest BCUT2D eigenvalue weighted by Gasteiger charge is 2.00. The molecule has 0 saturated carbocycles. The topological polar surface area (TPSA) is 41.6 Å². The van der Waals surface area contributed by atoms with E-state index in [-0.39, 0.29) is 5.82 Å². The van der Waals surface area contributed by atoms with E-state index in [4.69, 9.17) is 0 Å². The molecule has 2 aromatic heterocycles. The number of H-pyrrole nitrogens is 1. The van der Waals surface area contributed by atoms with Crippen LogP contribution in [0, 0.1) is 5.82 Å². The van der Waals surface area contributed by atoms with Crippen molar-refractivity contribution in [1.29, 1.82) is 0 Å². The van der Waals surface area contributed by atoms with E-state index in [9.17, 15) is 4.39 Å². The van der Waals surface area contributed by atoms with Crippen molar-refractivity contribution in [3.8, 4) is 0 Å². The molecule has 4 heteroatoms. The lowest BCUT2D eigenvalue weighted by atomic mass is 10.4. The van der Waals surface area contributed by atoms with Crippen LogP contribution >= 0.6 is 0 Å². The first-order valence-corrected chi connectivity index (χ1v) is 2.80. The molecule has 0 saturated heterocycles. The van der Waals surface area contributed by atoms with Gasteiger partial charge in [0.2, 0.25) is 0 Å². The normalized spacial score (nSPS) is 10.5. The van der Waals surface area contributed by atoms with Gasteiger partial charge in [-0.05, 0) is 0 Å². The van der Waals surface area contributed by atoms with Gasteiger partial charge in [0, 0.05) is 12.4 Å². The Labute approximate surface area is 55.9 Å². The maximum Gasteiger partial charge on any atom is 0.151 e. The van der Waals surface area contributed by atoms with E-state index in [1.807, 2.05) is 0 Å². The lowest BCUT2D eigenvalue weighted by Crippen LogP contribution is -1.77. The summed E-state index contributed by atoms with van der Waals surface area (Å²) in [5, 5.41) is 0.433. The number of hydrogen-bond acceptors (Lipinski definition) is 2. The van der Waals surface area contributed by atoms with Crippen molar-refractivity contribution in [3.63, 3.8) is 0 Å². The second kappa shape index (κ2) is 1.76. The summed E-state index contributed by atoms with van der Waals surface area (Å²) in [5.41, 5.74) is 0.535. The molecule has 0 aliphatic carbocycles. The molecule has 2 rings (SSSR count). The molecule has 0 bridgehead atoms. The number of hydrogen-bond donors (Lipinski definition) is 1. The van der Waals surface area contributed by atoms with Gasteiger partial charge in [0.1, 0.15) is 12.0 Å². The maximum atomic E-state index is 12.6. The Kier molecular flexibility index (Phi) is 0.943. The SMILES string of the molecule is Fc1c[nH]c2ncncc12. The van der Waals surface area contributed by atoms with E-state index in [1.54, 1.807) is 0 Å². The Morgan fingerprint density at radius 1 is 1.50 bits per heavy atom. The van der Waals surface area contributed by atoms with Crippen molar-refractivity contribution < 1.29 is 4.39 Å². The zero-order valence-corrected chi connectivity index (χ0v) is 5.00. The molecule has 3 nitrogen and oxygen atoms in total. The zero-order valence-electron chi connectivity index (χ0n) is 5.00. The Morgan fingerprint density at radius 3 is 3.20 bits per heavy atom. The first-order chi connectivity index (χ1) is 4.88. The third-order valence-electron chi connectivity index (χ3n) is 1.31. The van der Waals surface area contributed by atoms with Gasteiger partial charge in [-0.1, -0.05) is 0 Å². The van der Waals surface area contributed by atoms with Gasteiger partial charge in [-0.25, -0.2) is 14.4 Å². The first-order valence-electron chi connectivity index (χ1n) is 2.80. The van der Waals surface area contributed by atoms with Crippen molar-refractivity contribution in [1.82, 2.24) is 15.0 Å². The molecule has 1 N–H and O–H groups in total. The molecule has 2 heterocycles. The van der Waals surface area contributed by atoms with Gasteiger partial charge in [0.05, 0.1) is 5.39 Å². The van der Waals surface area contributed by atoms with Gasteiger partial charge in [0.25, 0.3) is 0 Å². The van der Waals surface area contributed by atoms with Crippen LogP contribution in [0.3, 0.4) is 0 Å². The fourth-order valence-corrected chi connectivity index (χ4v) is 0.829. The van der Waals surface area contributed by atoms with E-state index in [2.05, 4.69) is 15.0 Å². The highest BCUT2D eigenvalue weighted by Crippen LogP contribution is 2.10. The summed E-state index contributed by atoms with van der Waals surface area (Å²) in [6, 6.07) is 0. The standard InChI is InChI=1S/C6H4FN3/c7-5-2-9-6-4(5)1-8-3-10-6/h1-3H,(H,8,9,10). The lowest BCUT2D eigenvalue weighted by molar-refractivity contribution is 0.639. The fourth-order valence-electron chi connectivity index (χ4n) is 0.829. The number of nitrogens with one attached hydrogen (secondary N) is 1. The number of rotatable bonds is 0. The summed E-state index contributed by atoms with van der Waals surface area (Å²) < 4.78 is 12.6. The number of fused-ring (bicyclic) bond motifs is 1. The molecule has 50 valence electrons. The minimum Gasteiger partial charge on any atom is -0.343 e. The number of nitrogens with zero attached hydrogens (tertiary/aromatic N) is 2. The van der Waals surface area contributed by atoms with Gasteiger partial charge in [-0.2, -0.15) is 0 Å². The predicted octanol–water partition coefficient (Wildman–Crippen LogP) is 1.10. The molecule has 0 amide bonds. The van der Waals surface area contributed by atoms with E-state index in [0.29, 0.717) is 11.0 Å². The summed E-state index contributed by atoms with van der Waals surface area (Å²) in [6.07, 6.45) is 4.08. The maximum absolute atomic E-state index is 12.6. The highest BCUT2D eigenvalue weighted by atomic mass is 19.1. The van der Waals surface area contributed by atoms with Crippen LogP contribution in [-0.2, 0) is 0 Å². The van der Waals surface area contributed by atoms with Crippen molar-refractivity contribution >= 4 is 11.0 Å². The molecule has 10 heavy (non-hydrogen) atoms. The second-order valence-electron chi connectivity index (χ2n) is 1.92. The van der Waals surface area contributed by atoms with Crippen molar-refractivity contribution in [2.45, 2.75) is 0 Å². The number of halogens is 1. The van der Waals surface area contributed by atoms with Gasteiger partial charge in [0.15, 0.2) is 5.82 Å². The number of aromatic amines is 1. The van der Waals surface area contributed by atoms with Crippen LogP contribution in [0.4, 0.5) is 4.39 Å². The summed E-state index contributed by atoms with van der Waals surface area (Å²) in [7, 11) is 0. The van der Waals surface area contributed by atoms with Crippen molar-refractivity contribution in [3.05, 3.63) is 24.5 Å². The van der Waals surface area contributed by atoms with Gasteiger partial charge >= 0.3 is 0 Å². The van der Waals surface area contributed by atoms with Crippen LogP contribution in [-0.4, -0.2) is 15.0 Å². The Morgan fingerprint density at radius 2 is 2.40 bits per heavy atom. The molecular weight excluding hydrogens is 133 g/mol. The average molecular weight is 137 g/mol. The molecule has 0 aliphatic rings. The highest BCUT2D eigenvalue weighted by molar-refractivity contribution is 5.74. The smallest absolute Gasteiger partial charge is 0.151 e. The van der Waals surface area contributed by atoms with Crippen molar-refractivity contribution in [2.75, 3.05) is 0 Å². The van der Waals surface area contributed by atoms with Crippen LogP contribution in [0.5, 0.6) is 0 Å². The fraction of sp³-hybridized carbons (Fsp3) is 0. The minimum atomic E-state index is -0.310. The van der Waals surface area contributed by atoms with Crippen LogP contribution in [0.2, 0.25) is 0 Å². The molecule has 0 radical (unpaired) electrons. The van der Waals surface area contributed by atoms with Crippen LogP contribution in [0.15, 0.2) is 18.7 Å². The van der Waals surface area contributed by atoms with Crippen LogP contribution in [0.25, 0.3) is 11.0 Å². The Balaban J connectivity index is 2.93. The summed E-state index contributed by atoms with van der Waals surface area (Å²) in [5.74, 6) is -0.310. The van der Waals surface area contributed by atoms with Crippen LogP contribution in [0.1, 0.15) is 0 Å². The third kappa shape index (κ3) is 0.586. The van der Waals surface area contributed by atoms with Gasteiger partial charge in [-0.15, -0.1) is 0 Å². The minimum absolute atomic E-state index is 0.310. The predicted molar refractivity (Wildman–Crippen MR) is 33.8 cm³/mol. The Hall–Kier alpha value is -1.45.